The molecule has 2 heteroatoms. The number of hydrogen-bond donors (Lipinski definition) is 0. The van der Waals surface area contributed by atoms with Gasteiger partial charge in [0.05, 0.1) is 0 Å². The Morgan fingerprint density at radius 3 is 1.25 bits per heavy atom. The predicted octanol–water partition coefficient (Wildman–Crippen LogP) is 16.5. The van der Waals surface area contributed by atoms with Crippen molar-refractivity contribution in [3.63, 3.8) is 0 Å². The summed E-state index contributed by atoms with van der Waals surface area (Å²) in [6.45, 7) is 0. The molecule has 0 saturated heterocycles. The van der Waals surface area contributed by atoms with Crippen LogP contribution in [-0.4, -0.2) is 0 Å². The monoisotopic (exact) mass is 765 g/mol. The number of furan rings is 1. The third-order valence-corrected chi connectivity index (χ3v) is 11.7. The topological polar surface area (TPSA) is 16.4 Å². The van der Waals surface area contributed by atoms with Crippen LogP contribution in [0.15, 0.2) is 241 Å². The highest BCUT2D eigenvalue weighted by molar-refractivity contribution is 6.19. The fourth-order valence-corrected chi connectivity index (χ4v) is 8.66. The van der Waals surface area contributed by atoms with Gasteiger partial charge in [-0.2, -0.15) is 0 Å². The van der Waals surface area contributed by atoms with Crippen LogP contribution in [0.3, 0.4) is 0 Å². The lowest BCUT2D eigenvalue weighted by Crippen LogP contribution is -2.09. The first-order chi connectivity index (χ1) is 29.7. The summed E-state index contributed by atoms with van der Waals surface area (Å²) in [6.07, 6.45) is 0. The van der Waals surface area contributed by atoms with E-state index in [4.69, 9.17) is 4.42 Å². The van der Waals surface area contributed by atoms with E-state index in [-0.39, 0.29) is 0 Å². The van der Waals surface area contributed by atoms with Gasteiger partial charge < -0.3 is 9.32 Å². The molecule has 0 radical (unpaired) electrons. The van der Waals surface area contributed by atoms with Gasteiger partial charge in [-0.25, -0.2) is 0 Å². The van der Waals surface area contributed by atoms with E-state index < -0.39 is 0 Å². The minimum Gasteiger partial charge on any atom is -0.455 e. The van der Waals surface area contributed by atoms with Crippen LogP contribution in [0.1, 0.15) is 0 Å². The molecule has 10 aromatic carbocycles. The van der Waals surface area contributed by atoms with Crippen LogP contribution in [0.25, 0.3) is 88.3 Å². The van der Waals surface area contributed by atoms with Crippen molar-refractivity contribution in [2.45, 2.75) is 0 Å². The summed E-state index contributed by atoms with van der Waals surface area (Å²) in [5.41, 5.74) is 16.9. The Kier molecular flexibility index (Phi) is 8.87. The van der Waals surface area contributed by atoms with Crippen molar-refractivity contribution in [3.05, 3.63) is 237 Å². The van der Waals surface area contributed by atoms with Crippen molar-refractivity contribution >= 4 is 49.8 Å². The second-order valence-corrected chi connectivity index (χ2v) is 15.3. The molecule has 282 valence electrons. The largest absolute Gasteiger partial charge is 0.455 e. The molecule has 2 nitrogen and oxygen atoms in total. The summed E-state index contributed by atoms with van der Waals surface area (Å²) in [6, 6.07) is 84.8. The van der Waals surface area contributed by atoms with Crippen molar-refractivity contribution in [1.29, 1.82) is 0 Å². The second kappa shape index (κ2) is 15.1. The Hall–Kier alpha value is -7.94. The molecule has 0 aliphatic rings. The van der Waals surface area contributed by atoms with Gasteiger partial charge >= 0.3 is 0 Å². The third kappa shape index (κ3) is 6.51. The van der Waals surface area contributed by atoms with Gasteiger partial charge in [-0.05, 0) is 128 Å². The quantitative estimate of drug-likeness (QED) is 0.153. The Labute approximate surface area is 349 Å². The molecule has 0 aliphatic heterocycles. The highest BCUT2D eigenvalue weighted by Crippen LogP contribution is 2.42. The molecule has 11 aromatic rings. The van der Waals surface area contributed by atoms with Crippen LogP contribution in [0, 0.1) is 0 Å². The maximum Gasteiger partial charge on any atom is 0.143 e. The summed E-state index contributed by atoms with van der Waals surface area (Å²) in [4.78, 5) is 2.35. The van der Waals surface area contributed by atoms with E-state index in [1.165, 1.54) is 44.3 Å². The molecule has 11 rings (SSSR count). The zero-order valence-electron chi connectivity index (χ0n) is 32.9. The Morgan fingerprint density at radius 1 is 0.283 bits per heavy atom. The minimum absolute atomic E-state index is 0.897. The highest BCUT2D eigenvalue weighted by Gasteiger charge is 2.17. The average Bonchev–Trinajstić information content (AvgIpc) is 3.73. The number of hydrogen-bond acceptors (Lipinski definition) is 2. The Bertz CT molecular complexity index is 3200. The van der Waals surface area contributed by atoms with Gasteiger partial charge in [0.2, 0.25) is 0 Å². The lowest BCUT2D eigenvalue weighted by Gasteiger charge is -2.26. The van der Waals surface area contributed by atoms with Gasteiger partial charge in [0.1, 0.15) is 11.2 Å². The first-order valence-corrected chi connectivity index (χ1v) is 20.5. The van der Waals surface area contributed by atoms with E-state index in [2.05, 4.69) is 241 Å². The average molecular weight is 766 g/mol. The molecule has 0 amide bonds. The van der Waals surface area contributed by atoms with Crippen molar-refractivity contribution in [3.8, 4) is 55.6 Å². The van der Waals surface area contributed by atoms with Gasteiger partial charge in [0.25, 0.3) is 0 Å². The van der Waals surface area contributed by atoms with Crippen molar-refractivity contribution in [2.24, 2.45) is 0 Å². The van der Waals surface area contributed by atoms with Gasteiger partial charge in [-0.15, -0.1) is 0 Å². The maximum absolute atomic E-state index is 6.54. The van der Waals surface area contributed by atoms with E-state index in [9.17, 15) is 0 Å². The minimum atomic E-state index is 0.897. The van der Waals surface area contributed by atoms with E-state index in [1.807, 2.05) is 0 Å². The summed E-state index contributed by atoms with van der Waals surface area (Å²) >= 11 is 0. The Morgan fingerprint density at radius 2 is 0.717 bits per heavy atom. The van der Waals surface area contributed by atoms with Crippen LogP contribution in [0.2, 0.25) is 0 Å². The van der Waals surface area contributed by atoms with E-state index in [0.717, 1.165) is 61.1 Å². The zero-order valence-corrected chi connectivity index (χ0v) is 32.9. The smallest absolute Gasteiger partial charge is 0.143 e. The van der Waals surface area contributed by atoms with Crippen LogP contribution >= 0.6 is 0 Å². The second-order valence-electron chi connectivity index (χ2n) is 15.3. The summed E-state index contributed by atoms with van der Waals surface area (Å²) in [5, 5.41) is 4.58. The van der Waals surface area contributed by atoms with E-state index in [1.54, 1.807) is 0 Å². The molecule has 0 aliphatic carbocycles. The molecule has 0 bridgehead atoms. The van der Waals surface area contributed by atoms with Gasteiger partial charge in [0, 0.05) is 33.2 Å². The molecule has 1 aromatic heterocycles. The number of benzene rings is 10. The first kappa shape index (κ1) is 35.2. The molecule has 0 N–H and O–H groups in total. The van der Waals surface area contributed by atoms with Crippen molar-refractivity contribution in [1.82, 2.24) is 0 Å². The lowest BCUT2D eigenvalue weighted by molar-refractivity contribution is 0.673. The SMILES string of the molecule is c1ccc(-c2ccc(N(c3ccc(-c4cc(-c5ccccc5)cc(-c5ccccc5)c4)cc3)c3ccc(-c4cccc5oc6c7ccccc7ccc6c45)cc3)cc2)cc1. The molecule has 0 fully saturated rings. The molecule has 0 spiro atoms. The van der Waals surface area contributed by atoms with Gasteiger partial charge in [0.15, 0.2) is 0 Å². The standard InChI is InChI=1S/C58H39NO/c1-4-13-40(14-5-1)43-23-30-50(31-24-43)59(51-32-25-44(26-33-51)49-38-47(41-15-6-2-7-16-41)37-48(39-49)42-17-8-3-9-18-42)52-34-27-46(28-35-52)53-21-12-22-56-57(53)55-36-29-45-19-10-11-20-54(45)58(55)60-56/h1-39H. The van der Waals surface area contributed by atoms with Crippen molar-refractivity contribution in [2.75, 3.05) is 4.90 Å². The zero-order chi connectivity index (χ0) is 39.8. The number of anilines is 3. The van der Waals surface area contributed by atoms with E-state index >= 15 is 0 Å². The summed E-state index contributed by atoms with van der Waals surface area (Å²) in [7, 11) is 0. The summed E-state index contributed by atoms with van der Waals surface area (Å²) in [5.74, 6) is 0. The van der Waals surface area contributed by atoms with Crippen LogP contribution in [0.5, 0.6) is 0 Å². The number of nitrogens with zero attached hydrogens (tertiary/aromatic N) is 1. The molecule has 60 heavy (non-hydrogen) atoms. The molecule has 0 atom stereocenters. The van der Waals surface area contributed by atoms with Gasteiger partial charge in [-0.1, -0.05) is 170 Å². The molecule has 0 unspecified atom stereocenters. The summed E-state index contributed by atoms with van der Waals surface area (Å²) < 4.78 is 6.54. The molecule has 0 saturated carbocycles. The van der Waals surface area contributed by atoms with Crippen molar-refractivity contribution < 1.29 is 4.42 Å². The van der Waals surface area contributed by atoms with Gasteiger partial charge in [-0.3, -0.25) is 0 Å². The van der Waals surface area contributed by atoms with Crippen LogP contribution in [-0.2, 0) is 0 Å². The van der Waals surface area contributed by atoms with E-state index in [0.29, 0.717) is 0 Å². The normalized spacial score (nSPS) is 11.3. The first-order valence-electron chi connectivity index (χ1n) is 20.5. The number of rotatable bonds is 8. The molecular weight excluding hydrogens is 727 g/mol. The lowest BCUT2D eigenvalue weighted by atomic mass is 9.93. The van der Waals surface area contributed by atoms with Crippen LogP contribution < -0.4 is 4.90 Å². The predicted molar refractivity (Wildman–Crippen MR) is 253 cm³/mol. The molecule has 1 heterocycles. The third-order valence-electron chi connectivity index (χ3n) is 11.7. The molecular formula is C58H39NO. The number of fused-ring (bicyclic) bond motifs is 5. The fraction of sp³-hybridized carbons (Fsp3) is 0. The van der Waals surface area contributed by atoms with Crippen LogP contribution in [0.4, 0.5) is 17.1 Å². The Balaban J connectivity index is 0.995. The fourth-order valence-electron chi connectivity index (χ4n) is 8.66. The maximum atomic E-state index is 6.54. The highest BCUT2D eigenvalue weighted by atomic mass is 16.3.